The van der Waals surface area contributed by atoms with E-state index in [9.17, 15) is 46.1 Å². The maximum absolute atomic E-state index is 14.4. The molecule has 0 atom stereocenters. The van der Waals surface area contributed by atoms with E-state index in [1.807, 2.05) is 0 Å². The Kier molecular flexibility index (Phi) is 8.74. The maximum Gasteiger partial charge on any atom is 0.435 e. The minimum Gasteiger partial charge on any atom is -0.858 e. The lowest BCUT2D eigenvalue weighted by atomic mass is 9.88. The fourth-order valence-corrected chi connectivity index (χ4v) is 6.05. The van der Waals surface area contributed by atoms with Crippen molar-refractivity contribution in [3.05, 3.63) is 55.7 Å². The molecule has 46 heavy (non-hydrogen) atoms. The Morgan fingerprint density at radius 1 is 0.804 bits per heavy atom. The average Bonchev–Trinajstić information content (AvgIpc) is 3.80. The molecule has 0 aliphatic carbocycles. The summed E-state index contributed by atoms with van der Waals surface area (Å²) in [4.78, 5) is 31.7. The number of esters is 2. The van der Waals surface area contributed by atoms with Gasteiger partial charge in [0, 0.05) is 27.3 Å². The summed E-state index contributed by atoms with van der Waals surface area (Å²) in [7, 11) is 0. The molecule has 0 amide bonds. The highest BCUT2D eigenvalue weighted by Crippen LogP contribution is 2.49. The highest BCUT2D eigenvalue weighted by Gasteiger charge is 2.46. The van der Waals surface area contributed by atoms with Gasteiger partial charge >= 0.3 is 24.3 Å². The monoisotopic (exact) mass is 708 g/mol. The SMILES string of the molecule is CCOC(=O)c1csc(-n2nc(C(F)(F)F)c(C(c3csnn3)c3c(C(F)(F)F)nn(-c4nc(C(=O)OCC)cs4)c3[O-])c2[O-])n1. The average molecular weight is 709 g/mol. The first kappa shape index (κ1) is 32.7. The summed E-state index contributed by atoms with van der Waals surface area (Å²) in [5.74, 6) is -7.61. The number of carbonyl (C=O) groups excluding carboxylic acids is 2. The van der Waals surface area contributed by atoms with Gasteiger partial charge in [-0.25, -0.2) is 28.9 Å². The molecule has 0 aliphatic rings. The Hall–Kier alpha value is -4.64. The summed E-state index contributed by atoms with van der Waals surface area (Å²) in [5, 5.41) is 39.5. The number of hydrogen-bond acceptors (Lipinski definition) is 15. The van der Waals surface area contributed by atoms with Gasteiger partial charge in [-0.1, -0.05) is 4.49 Å². The molecule has 5 rings (SSSR count). The molecule has 0 unspecified atom stereocenters. The van der Waals surface area contributed by atoms with Crippen LogP contribution in [0, 0.1) is 0 Å². The molecule has 5 aromatic rings. The van der Waals surface area contributed by atoms with Crippen molar-refractivity contribution in [3.8, 4) is 22.0 Å². The quantitative estimate of drug-likeness (QED) is 0.160. The third-order valence-corrected chi connectivity index (χ3v) is 8.01. The van der Waals surface area contributed by atoms with Gasteiger partial charge in [0.25, 0.3) is 0 Å². The number of alkyl halides is 6. The predicted molar refractivity (Wildman–Crippen MR) is 140 cm³/mol. The summed E-state index contributed by atoms with van der Waals surface area (Å²) >= 11 is 1.56. The first-order chi connectivity index (χ1) is 21.7. The molecule has 244 valence electrons. The molecule has 0 saturated carbocycles. The molecule has 0 spiro atoms. The molecule has 14 nitrogen and oxygen atoms in total. The zero-order valence-corrected chi connectivity index (χ0v) is 25.2. The Balaban J connectivity index is 1.76. The molecule has 0 saturated heterocycles. The largest absolute Gasteiger partial charge is 0.858 e. The number of nitrogens with zero attached hydrogens (tertiary/aromatic N) is 8. The standard InChI is InChI=1S/C23H16F6N8O6S3/c1-3-42-18(40)9-5-44-20(30-9)36-16(38)12(14(33-36)22(24,25)26)11(8-7-46-35-32-8)13-15(23(27,28)29)34-37(17(13)39)21-31-10(6-45-21)19(41)43-4-2/h5-7,11,38-39H,3-4H2,1-2H3/p-2. The number of carbonyl (C=O) groups is 2. The van der Waals surface area contributed by atoms with Crippen LogP contribution < -0.4 is 10.2 Å². The Morgan fingerprint density at radius 3 is 1.59 bits per heavy atom. The van der Waals surface area contributed by atoms with E-state index in [4.69, 9.17) is 9.47 Å². The van der Waals surface area contributed by atoms with Crippen LogP contribution in [-0.4, -0.2) is 64.3 Å². The van der Waals surface area contributed by atoms with Gasteiger partial charge in [0.1, 0.15) is 0 Å². The van der Waals surface area contributed by atoms with Crippen molar-refractivity contribution in [1.82, 2.24) is 39.1 Å². The summed E-state index contributed by atoms with van der Waals surface area (Å²) in [6.07, 6.45) is -10.9. The van der Waals surface area contributed by atoms with Gasteiger partial charge in [0.2, 0.25) is 10.3 Å². The van der Waals surface area contributed by atoms with Crippen LogP contribution in [0.25, 0.3) is 10.3 Å². The second-order valence-corrected chi connectivity index (χ2v) is 11.0. The summed E-state index contributed by atoms with van der Waals surface area (Å²) < 4.78 is 100. The van der Waals surface area contributed by atoms with E-state index in [2.05, 4.69) is 29.8 Å². The van der Waals surface area contributed by atoms with Crippen molar-refractivity contribution < 1.29 is 55.6 Å². The second-order valence-electron chi connectivity index (χ2n) is 8.69. The van der Waals surface area contributed by atoms with Crippen LogP contribution in [0.3, 0.4) is 0 Å². The number of rotatable bonds is 9. The topological polar surface area (TPSA) is 186 Å². The van der Waals surface area contributed by atoms with Crippen molar-refractivity contribution >= 4 is 46.1 Å². The molecule has 5 heterocycles. The molecule has 5 aromatic heterocycles. The minimum absolute atomic E-state index is 0.0656. The van der Waals surface area contributed by atoms with Gasteiger partial charge in [-0.3, -0.25) is 0 Å². The number of thiazole rings is 2. The van der Waals surface area contributed by atoms with E-state index in [1.54, 1.807) is 0 Å². The lowest BCUT2D eigenvalue weighted by Gasteiger charge is -2.24. The lowest BCUT2D eigenvalue weighted by molar-refractivity contribution is -0.280. The van der Waals surface area contributed by atoms with Gasteiger partial charge < -0.3 is 19.7 Å². The molecular formula is C23H14F6N8O6S3-2. The van der Waals surface area contributed by atoms with Crippen LogP contribution in [0.15, 0.2) is 16.1 Å². The summed E-state index contributed by atoms with van der Waals surface area (Å²) in [5.41, 5.74) is -8.12. The first-order valence-corrected chi connectivity index (χ1v) is 15.0. The Morgan fingerprint density at radius 2 is 1.24 bits per heavy atom. The Bertz CT molecular complexity index is 1780. The van der Waals surface area contributed by atoms with Crippen molar-refractivity contribution in [2.75, 3.05) is 13.2 Å². The van der Waals surface area contributed by atoms with Gasteiger partial charge in [-0.05, 0) is 37.1 Å². The molecular weight excluding hydrogens is 694 g/mol. The van der Waals surface area contributed by atoms with Crippen LogP contribution in [0.5, 0.6) is 11.8 Å². The van der Waals surface area contributed by atoms with E-state index in [-0.39, 0.29) is 34.0 Å². The number of aromatic nitrogens is 8. The predicted octanol–water partition coefficient (Wildman–Crippen LogP) is 3.54. The first-order valence-electron chi connectivity index (χ1n) is 12.4. The maximum atomic E-state index is 14.4. The van der Waals surface area contributed by atoms with E-state index in [0.29, 0.717) is 34.2 Å². The van der Waals surface area contributed by atoms with Crippen molar-refractivity contribution in [2.24, 2.45) is 0 Å². The third kappa shape index (κ3) is 5.99. The smallest absolute Gasteiger partial charge is 0.435 e. The van der Waals surface area contributed by atoms with E-state index < -0.39 is 80.4 Å². The Labute approximate surface area is 263 Å². The third-order valence-electron chi connectivity index (χ3n) is 5.86. The van der Waals surface area contributed by atoms with E-state index in [1.165, 1.54) is 13.8 Å². The fraction of sp³-hybridized carbons (Fsp3) is 0.304. The zero-order chi connectivity index (χ0) is 33.6. The van der Waals surface area contributed by atoms with Crippen LogP contribution in [0.1, 0.15) is 69.0 Å². The molecule has 0 bridgehead atoms. The normalized spacial score (nSPS) is 12.2. The van der Waals surface area contributed by atoms with Crippen molar-refractivity contribution in [3.63, 3.8) is 0 Å². The van der Waals surface area contributed by atoms with Crippen molar-refractivity contribution in [1.29, 1.82) is 0 Å². The van der Waals surface area contributed by atoms with Gasteiger partial charge in [-0.2, -0.15) is 36.5 Å². The van der Waals surface area contributed by atoms with Crippen LogP contribution >= 0.6 is 34.2 Å². The fourth-order valence-electron chi connectivity index (χ4n) is 4.09. The van der Waals surface area contributed by atoms with Crippen LogP contribution in [-0.2, 0) is 21.8 Å². The van der Waals surface area contributed by atoms with Crippen LogP contribution in [0.4, 0.5) is 26.3 Å². The second kappa shape index (κ2) is 12.3. The number of halogens is 6. The number of hydrogen-bond donors (Lipinski definition) is 0. The minimum atomic E-state index is -5.45. The van der Waals surface area contributed by atoms with Gasteiger partial charge in [0.05, 0.1) is 24.8 Å². The molecule has 0 radical (unpaired) electrons. The van der Waals surface area contributed by atoms with Gasteiger partial charge in [-0.15, -0.1) is 27.8 Å². The molecule has 0 aliphatic heterocycles. The number of ether oxygens (including phenoxy) is 2. The lowest BCUT2D eigenvalue weighted by Crippen LogP contribution is -2.19. The molecule has 0 fully saturated rings. The van der Waals surface area contributed by atoms with E-state index >= 15 is 0 Å². The molecule has 23 heteroatoms. The molecule has 0 aromatic carbocycles. The van der Waals surface area contributed by atoms with Crippen LogP contribution in [0.2, 0.25) is 0 Å². The highest BCUT2D eigenvalue weighted by atomic mass is 32.1. The van der Waals surface area contributed by atoms with Crippen molar-refractivity contribution in [2.45, 2.75) is 32.1 Å². The zero-order valence-electron chi connectivity index (χ0n) is 22.7. The van der Waals surface area contributed by atoms with Gasteiger partial charge in [0.15, 0.2) is 22.8 Å². The van der Waals surface area contributed by atoms with E-state index in [0.717, 1.165) is 16.1 Å². The summed E-state index contributed by atoms with van der Waals surface area (Å²) in [6, 6.07) is 0. The highest BCUT2D eigenvalue weighted by molar-refractivity contribution is 7.12. The molecule has 0 N–H and O–H groups in total. The summed E-state index contributed by atoms with van der Waals surface area (Å²) in [6.45, 7) is 2.84.